The Balaban J connectivity index is 0.00000289. The van der Waals surface area contributed by atoms with Crippen LogP contribution in [0.5, 0.6) is 5.75 Å². The number of halogens is 1. The molecular formula is C25H30ClN3O2S. The Kier molecular flexibility index (Phi) is 7.93. The Labute approximate surface area is 200 Å². The first-order valence-corrected chi connectivity index (χ1v) is 11.6. The summed E-state index contributed by atoms with van der Waals surface area (Å²) < 4.78 is 5.26. The molecule has 0 bridgehead atoms. The van der Waals surface area contributed by atoms with E-state index >= 15 is 0 Å². The van der Waals surface area contributed by atoms with Gasteiger partial charge in [-0.1, -0.05) is 38.1 Å². The van der Waals surface area contributed by atoms with Gasteiger partial charge in [-0.15, -0.1) is 23.7 Å². The second-order valence-corrected chi connectivity index (χ2v) is 9.35. The number of nitrogens with one attached hydrogen (secondary N) is 2. The summed E-state index contributed by atoms with van der Waals surface area (Å²) >= 11 is 1.45. The molecule has 4 rings (SSSR count). The number of nitrogens with zero attached hydrogens (tertiary/aromatic N) is 1. The van der Waals surface area contributed by atoms with Crippen molar-refractivity contribution in [3.63, 3.8) is 0 Å². The first kappa shape index (κ1) is 24.2. The lowest BCUT2D eigenvalue weighted by atomic mass is 9.82. The van der Waals surface area contributed by atoms with E-state index in [0.717, 1.165) is 42.9 Å². The number of rotatable bonds is 6. The Bertz CT molecular complexity index is 1030. The summed E-state index contributed by atoms with van der Waals surface area (Å²) in [7, 11) is 1.66. The molecule has 0 atom stereocenters. The number of hydrogen-bond donors (Lipinski definition) is 2. The second-order valence-electron chi connectivity index (χ2n) is 8.49. The number of carbonyl (C=O) groups is 1. The molecule has 3 aromatic rings. The molecule has 1 aliphatic heterocycles. The monoisotopic (exact) mass is 471 g/mol. The van der Waals surface area contributed by atoms with Gasteiger partial charge in [-0.2, -0.15) is 0 Å². The highest BCUT2D eigenvalue weighted by Crippen LogP contribution is 2.34. The van der Waals surface area contributed by atoms with Crippen molar-refractivity contribution in [2.24, 2.45) is 0 Å². The summed E-state index contributed by atoms with van der Waals surface area (Å²) in [5.74, 6) is 1.29. The summed E-state index contributed by atoms with van der Waals surface area (Å²) in [4.78, 5) is 17.4. The lowest BCUT2D eigenvalue weighted by Gasteiger charge is -2.23. The molecule has 1 aromatic heterocycles. The van der Waals surface area contributed by atoms with Gasteiger partial charge in [0.25, 0.3) is 5.91 Å². The van der Waals surface area contributed by atoms with Crippen molar-refractivity contribution in [3.05, 3.63) is 76.3 Å². The van der Waals surface area contributed by atoms with E-state index in [1.54, 1.807) is 7.11 Å². The molecular weight excluding hydrogens is 442 g/mol. The predicted octanol–water partition coefficient (Wildman–Crippen LogP) is 5.62. The zero-order valence-electron chi connectivity index (χ0n) is 18.7. The predicted molar refractivity (Wildman–Crippen MR) is 134 cm³/mol. The number of hydrogen-bond acceptors (Lipinski definition) is 5. The highest BCUT2D eigenvalue weighted by atomic mass is 35.5. The Hall–Kier alpha value is -2.41. The van der Waals surface area contributed by atoms with Gasteiger partial charge in [0, 0.05) is 16.4 Å². The summed E-state index contributed by atoms with van der Waals surface area (Å²) in [6.07, 6.45) is 2.30. The minimum Gasteiger partial charge on any atom is -0.497 e. The van der Waals surface area contributed by atoms with Gasteiger partial charge >= 0.3 is 0 Å². The Morgan fingerprint density at radius 3 is 2.38 bits per heavy atom. The Morgan fingerprint density at radius 1 is 1.09 bits per heavy atom. The molecule has 7 heteroatoms. The molecule has 2 N–H and O–H groups in total. The van der Waals surface area contributed by atoms with Crippen LogP contribution in [0.15, 0.2) is 53.9 Å². The number of aromatic nitrogens is 1. The van der Waals surface area contributed by atoms with Gasteiger partial charge < -0.3 is 10.1 Å². The van der Waals surface area contributed by atoms with Crippen molar-refractivity contribution < 1.29 is 9.53 Å². The van der Waals surface area contributed by atoms with Gasteiger partial charge in [-0.05, 0) is 67.2 Å². The number of methoxy groups -OCH3 is 1. The van der Waals surface area contributed by atoms with Crippen molar-refractivity contribution in [1.82, 2.24) is 10.3 Å². The smallest absolute Gasteiger partial charge is 0.257 e. The normalized spacial score (nSPS) is 14.5. The summed E-state index contributed by atoms with van der Waals surface area (Å²) in [5.41, 5.74) is 3.77. The fourth-order valence-electron chi connectivity index (χ4n) is 4.00. The van der Waals surface area contributed by atoms with Crippen LogP contribution in [-0.2, 0) is 5.41 Å². The number of amides is 1. The maximum atomic E-state index is 12.7. The summed E-state index contributed by atoms with van der Waals surface area (Å²) in [5, 5.41) is 8.98. The van der Waals surface area contributed by atoms with E-state index < -0.39 is 0 Å². The van der Waals surface area contributed by atoms with Crippen LogP contribution in [0.25, 0.3) is 0 Å². The van der Waals surface area contributed by atoms with Crippen LogP contribution in [0.2, 0.25) is 0 Å². The van der Waals surface area contributed by atoms with Gasteiger partial charge in [-0.3, -0.25) is 10.1 Å². The van der Waals surface area contributed by atoms with Gasteiger partial charge in [0.2, 0.25) is 0 Å². The van der Waals surface area contributed by atoms with E-state index in [0.29, 0.717) is 16.6 Å². The van der Waals surface area contributed by atoms with E-state index in [-0.39, 0.29) is 23.7 Å². The average Bonchev–Trinajstić information content (AvgIpc) is 3.29. The third kappa shape index (κ3) is 5.31. The lowest BCUT2D eigenvalue weighted by Crippen LogP contribution is -2.26. The van der Waals surface area contributed by atoms with E-state index in [4.69, 9.17) is 9.72 Å². The molecule has 1 fully saturated rings. The van der Waals surface area contributed by atoms with Gasteiger partial charge in [0.15, 0.2) is 5.13 Å². The van der Waals surface area contributed by atoms with Gasteiger partial charge in [0.05, 0.1) is 12.8 Å². The molecule has 0 saturated carbocycles. The van der Waals surface area contributed by atoms with Crippen LogP contribution in [0.4, 0.5) is 5.13 Å². The molecule has 1 saturated heterocycles. The van der Waals surface area contributed by atoms with Gasteiger partial charge in [0.1, 0.15) is 5.75 Å². The SMILES string of the molecule is COc1ccc(C(C)(C)c2csc(NC(=O)c3ccc(C4CCNCC4)cc3)n2)cc1.Cl. The van der Waals surface area contributed by atoms with Crippen molar-refractivity contribution >= 4 is 34.8 Å². The fraction of sp³-hybridized carbons (Fsp3) is 0.360. The van der Waals surface area contributed by atoms with Crippen LogP contribution < -0.4 is 15.4 Å². The van der Waals surface area contributed by atoms with Crippen LogP contribution in [0.3, 0.4) is 0 Å². The molecule has 0 unspecified atom stereocenters. The van der Waals surface area contributed by atoms with E-state index in [1.165, 1.54) is 16.9 Å². The molecule has 0 radical (unpaired) electrons. The lowest BCUT2D eigenvalue weighted by molar-refractivity contribution is 0.102. The molecule has 32 heavy (non-hydrogen) atoms. The fourth-order valence-corrected chi connectivity index (χ4v) is 4.88. The number of anilines is 1. The first-order valence-electron chi connectivity index (χ1n) is 10.7. The second kappa shape index (κ2) is 10.5. The number of piperidine rings is 1. The highest BCUT2D eigenvalue weighted by Gasteiger charge is 2.26. The minimum atomic E-state index is -0.276. The zero-order chi connectivity index (χ0) is 21.8. The zero-order valence-corrected chi connectivity index (χ0v) is 20.3. The van der Waals surface area contributed by atoms with E-state index in [2.05, 4.69) is 48.7 Å². The number of carbonyl (C=O) groups excluding carboxylic acids is 1. The van der Waals surface area contributed by atoms with Crippen molar-refractivity contribution in [2.45, 2.75) is 38.0 Å². The largest absolute Gasteiger partial charge is 0.497 e. The molecule has 170 valence electrons. The highest BCUT2D eigenvalue weighted by molar-refractivity contribution is 7.14. The van der Waals surface area contributed by atoms with Crippen LogP contribution in [0, 0.1) is 0 Å². The van der Waals surface area contributed by atoms with Crippen molar-refractivity contribution in [2.75, 3.05) is 25.5 Å². The molecule has 0 aliphatic carbocycles. The number of ether oxygens (including phenoxy) is 1. The molecule has 5 nitrogen and oxygen atoms in total. The summed E-state index contributed by atoms with van der Waals surface area (Å²) in [6, 6.07) is 16.0. The topological polar surface area (TPSA) is 63.2 Å². The molecule has 1 aliphatic rings. The molecule has 2 aromatic carbocycles. The maximum Gasteiger partial charge on any atom is 0.257 e. The maximum absolute atomic E-state index is 12.7. The third-order valence-corrected chi connectivity index (χ3v) is 6.92. The molecule has 2 heterocycles. The molecule has 1 amide bonds. The van der Waals surface area contributed by atoms with E-state index in [9.17, 15) is 4.79 Å². The van der Waals surface area contributed by atoms with Gasteiger partial charge in [-0.25, -0.2) is 4.98 Å². The average molecular weight is 472 g/mol. The van der Waals surface area contributed by atoms with Crippen molar-refractivity contribution in [3.8, 4) is 5.75 Å². The number of benzene rings is 2. The number of thiazole rings is 1. The molecule has 0 spiro atoms. The van der Waals surface area contributed by atoms with E-state index in [1.807, 2.05) is 29.6 Å². The Morgan fingerprint density at radius 2 is 1.75 bits per heavy atom. The van der Waals surface area contributed by atoms with Crippen LogP contribution in [-0.4, -0.2) is 31.1 Å². The first-order chi connectivity index (χ1) is 15.0. The van der Waals surface area contributed by atoms with Crippen LogP contribution >= 0.6 is 23.7 Å². The van der Waals surface area contributed by atoms with Crippen LogP contribution in [0.1, 0.15) is 59.8 Å². The quantitative estimate of drug-likeness (QED) is 0.489. The third-order valence-electron chi connectivity index (χ3n) is 6.16. The minimum absolute atomic E-state index is 0. The summed E-state index contributed by atoms with van der Waals surface area (Å²) in [6.45, 7) is 6.39. The standard InChI is InChI=1S/C25H29N3O2S.ClH/c1-25(2,20-8-10-21(30-3)11-9-20)22-16-31-24(27-22)28-23(29)19-6-4-17(5-7-19)18-12-14-26-15-13-18;/h4-11,16,18,26H,12-15H2,1-3H3,(H,27,28,29);1H. The van der Waals surface area contributed by atoms with Crippen molar-refractivity contribution in [1.29, 1.82) is 0 Å².